The second kappa shape index (κ2) is 6.11. The van der Waals surface area contributed by atoms with Crippen LogP contribution in [-0.2, 0) is 4.79 Å². The van der Waals surface area contributed by atoms with Crippen LogP contribution < -0.4 is 5.01 Å². The number of anilines is 1. The van der Waals surface area contributed by atoms with E-state index in [1.54, 1.807) is 0 Å². The second-order valence-electron chi connectivity index (χ2n) is 6.53. The topological polar surface area (TPSA) is 37.6 Å². The molecule has 2 aromatic rings. The van der Waals surface area contributed by atoms with Crippen LogP contribution in [0.25, 0.3) is 6.08 Å². The molecule has 0 N–H and O–H groups in total. The van der Waals surface area contributed by atoms with Gasteiger partial charge in [0.2, 0.25) is 0 Å². The summed E-state index contributed by atoms with van der Waals surface area (Å²) in [5.74, 6) is -0.0627. The highest BCUT2D eigenvalue weighted by molar-refractivity contribution is 6.32. The van der Waals surface area contributed by atoms with Crippen LogP contribution in [0.2, 0.25) is 0 Å². The minimum Gasteiger partial charge on any atom is -0.351 e. The lowest BCUT2D eigenvalue weighted by Gasteiger charge is -2.11. The zero-order chi connectivity index (χ0) is 16.5. The van der Waals surface area contributed by atoms with E-state index in [0.29, 0.717) is 11.6 Å². The minimum atomic E-state index is -0.0627. The zero-order valence-electron chi connectivity index (χ0n) is 13.9. The van der Waals surface area contributed by atoms with Crippen molar-refractivity contribution in [3.8, 4) is 0 Å². The molecule has 1 amide bonds. The third-order valence-electron chi connectivity index (χ3n) is 4.86. The summed E-state index contributed by atoms with van der Waals surface area (Å²) in [7, 11) is 0. The van der Waals surface area contributed by atoms with E-state index in [9.17, 15) is 4.79 Å². The molecule has 0 radical (unpaired) electrons. The number of carbonyl (C=O) groups excluding carboxylic acids is 1. The van der Waals surface area contributed by atoms with Gasteiger partial charge in [-0.15, -0.1) is 0 Å². The molecule has 4 heteroatoms. The molecule has 1 aromatic carbocycles. The minimum absolute atomic E-state index is 0.0627. The fourth-order valence-electron chi connectivity index (χ4n) is 3.54. The highest BCUT2D eigenvalue weighted by Crippen LogP contribution is 2.30. The fraction of sp³-hybridized carbons (Fsp3) is 0.300. The van der Waals surface area contributed by atoms with Crippen LogP contribution in [0.4, 0.5) is 5.69 Å². The Bertz CT molecular complexity index is 810. The summed E-state index contributed by atoms with van der Waals surface area (Å²) < 4.78 is 2.29. The van der Waals surface area contributed by atoms with E-state index in [0.717, 1.165) is 17.0 Å². The average molecular weight is 319 g/mol. The van der Waals surface area contributed by atoms with Crippen molar-refractivity contribution < 1.29 is 4.79 Å². The van der Waals surface area contributed by atoms with Crippen molar-refractivity contribution in [2.45, 2.75) is 38.6 Å². The number of benzene rings is 1. The molecule has 1 aliphatic heterocycles. The van der Waals surface area contributed by atoms with Gasteiger partial charge in [-0.3, -0.25) is 4.79 Å². The van der Waals surface area contributed by atoms with Crippen molar-refractivity contribution in [1.82, 2.24) is 4.57 Å². The van der Waals surface area contributed by atoms with Gasteiger partial charge in [0.05, 0.1) is 17.0 Å². The smallest absolute Gasteiger partial charge is 0.280 e. The zero-order valence-corrected chi connectivity index (χ0v) is 13.9. The van der Waals surface area contributed by atoms with E-state index >= 15 is 0 Å². The highest BCUT2D eigenvalue weighted by atomic mass is 16.2. The van der Waals surface area contributed by atoms with Crippen LogP contribution in [-0.4, -0.2) is 16.2 Å². The van der Waals surface area contributed by atoms with Crippen LogP contribution in [0.1, 0.15) is 44.2 Å². The standard InChI is InChI=1S/C20H21N3O/c1-15-19(20(24)23(21-15)18-9-3-2-4-10-18)13-16-11-12-22(14-16)17-7-5-6-8-17/h2-4,9-14,17H,5-8H2,1H3/b19-13-. The molecule has 4 rings (SSSR count). The number of rotatable bonds is 3. The van der Waals surface area contributed by atoms with Crippen LogP contribution >= 0.6 is 0 Å². The second-order valence-corrected chi connectivity index (χ2v) is 6.53. The van der Waals surface area contributed by atoms with Crippen molar-refractivity contribution in [2.24, 2.45) is 5.10 Å². The number of hydrogen-bond donors (Lipinski definition) is 0. The maximum absolute atomic E-state index is 12.7. The Morgan fingerprint density at radius 1 is 1.12 bits per heavy atom. The Balaban J connectivity index is 1.59. The molecule has 4 nitrogen and oxygen atoms in total. The number of hydrogen-bond acceptors (Lipinski definition) is 2. The maximum Gasteiger partial charge on any atom is 0.280 e. The number of nitrogens with zero attached hydrogens (tertiary/aromatic N) is 3. The van der Waals surface area contributed by atoms with Crippen LogP contribution in [0.3, 0.4) is 0 Å². The normalized spacial score (nSPS) is 20.2. The molecule has 0 unspecified atom stereocenters. The first kappa shape index (κ1) is 14.9. The number of aromatic nitrogens is 1. The van der Waals surface area contributed by atoms with E-state index in [1.807, 2.05) is 43.3 Å². The van der Waals surface area contributed by atoms with Gasteiger partial charge in [0.15, 0.2) is 0 Å². The van der Waals surface area contributed by atoms with E-state index in [4.69, 9.17) is 0 Å². The molecule has 0 atom stereocenters. The monoisotopic (exact) mass is 319 g/mol. The molecule has 24 heavy (non-hydrogen) atoms. The number of para-hydroxylation sites is 1. The molecular formula is C20H21N3O. The average Bonchev–Trinajstić information content (AvgIpc) is 3.32. The first-order chi connectivity index (χ1) is 11.7. The Hall–Kier alpha value is -2.62. The van der Waals surface area contributed by atoms with Crippen molar-refractivity contribution in [3.05, 3.63) is 59.9 Å². The molecule has 1 aromatic heterocycles. The Morgan fingerprint density at radius 2 is 1.88 bits per heavy atom. The Labute approximate surface area is 142 Å². The molecular weight excluding hydrogens is 298 g/mol. The quantitative estimate of drug-likeness (QED) is 0.772. The van der Waals surface area contributed by atoms with Crippen molar-refractivity contribution in [2.75, 3.05) is 5.01 Å². The van der Waals surface area contributed by atoms with Gasteiger partial charge < -0.3 is 4.57 Å². The third-order valence-corrected chi connectivity index (χ3v) is 4.86. The molecule has 2 heterocycles. The van der Waals surface area contributed by atoms with Crippen LogP contribution in [0.5, 0.6) is 0 Å². The molecule has 2 aliphatic rings. The van der Waals surface area contributed by atoms with Crippen molar-refractivity contribution in [1.29, 1.82) is 0 Å². The summed E-state index contributed by atoms with van der Waals surface area (Å²) in [6.07, 6.45) is 11.4. The summed E-state index contributed by atoms with van der Waals surface area (Å²) in [5, 5.41) is 5.91. The Kier molecular flexibility index (Phi) is 3.81. The van der Waals surface area contributed by atoms with E-state index in [1.165, 1.54) is 30.7 Å². The lowest BCUT2D eigenvalue weighted by atomic mass is 10.1. The third kappa shape index (κ3) is 2.68. The first-order valence-corrected chi connectivity index (χ1v) is 8.56. The molecule has 122 valence electrons. The van der Waals surface area contributed by atoms with E-state index in [2.05, 4.69) is 28.1 Å². The first-order valence-electron chi connectivity index (χ1n) is 8.56. The van der Waals surface area contributed by atoms with Gasteiger partial charge in [0.1, 0.15) is 0 Å². The van der Waals surface area contributed by atoms with E-state index < -0.39 is 0 Å². The summed E-state index contributed by atoms with van der Waals surface area (Å²) in [6, 6.07) is 12.3. The Morgan fingerprint density at radius 3 is 2.62 bits per heavy atom. The van der Waals surface area contributed by atoms with Crippen molar-refractivity contribution >= 4 is 23.4 Å². The van der Waals surface area contributed by atoms with E-state index in [-0.39, 0.29) is 5.91 Å². The predicted molar refractivity (Wildman–Crippen MR) is 97.0 cm³/mol. The SMILES string of the molecule is CC1=NN(c2ccccc2)C(=O)/C1=C\c1ccn(C2CCCC2)c1. The lowest BCUT2D eigenvalue weighted by molar-refractivity contribution is -0.114. The van der Waals surface area contributed by atoms with Gasteiger partial charge in [-0.05, 0) is 49.6 Å². The van der Waals surface area contributed by atoms with Gasteiger partial charge in [-0.2, -0.15) is 10.1 Å². The molecule has 0 spiro atoms. The van der Waals surface area contributed by atoms with Gasteiger partial charge in [0.25, 0.3) is 5.91 Å². The number of amides is 1. The molecule has 0 bridgehead atoms. The fourth-order valence-corrected chi connectivity index (χ4v) is 3.54. The van der Waals surface area contributed by atoms with Gasteiger partial charge in [0, 0.05) is 18.4 Å². The van der Waals surface area contributed by atoms with Gasteiger partial charge >= 0.3 is 0 Å². The maximum atomic E-state index is 12.7. The molecule has 0 saturated heterocycles. The number of hydrazone groups is 1. The largest absolute Gasteiger partial charge is 0.351 e. The summed E-state index contributed by atoms with van der Waals surface area (Å²) in [5.41, 5.74) is 3.30. The van der Waals surface area contributed by atoms with Gasteiger partial charge in [-0.1, -0.05) is 31.0 Å². The number of carbonyl (C=O) groups is 1. The van der Waals surface area contributed by atoms with Crippen LogP contribution in [0, 0.1) is 0 Å². The summed E-state index contributed by atoms with van der Waals surface area (Å²) >= 11 is 0. The highest BCUT2D eigenvalue weighted by Gasteiger charge is 2.28. The van der Waals surface area contributed by atoms with Crippen LogP contribution in [0.15, 0.2) is 59.5 Å². The lowest BCUT2D eigenvalue weighted by Crippen LogP contribution is -2.21. The van der Waals surface area contributed by atoms with Gasteiger partial charge in [-0.25, -0.2) is 0 Å². The summed E-state index contributed by atoms with van der Waals surface area (Å²) in [4.78, 5) is 12.7. The molecule has 1 fully saturated rings. The summed E-state index contributed by atoms with van der Waals surface area (Å²) in [6.45, 7) is 1.89. The predicted octanol–water partition coefficient (Wildman–Crippen LogP) is 4.41. The molecule has 1 aliphatic carbocycles. The molecule has 1 saturated carbocycles. The van der Waals surface area contributed by atoms with Crippen molar-refractivity contribution in [3.63, 3.8) is 0 Å².